The molecule has 0 saturated carbocycles. The standard InChI is InChI=1S/C23H21Cl2NO4/c1-29-17-5-2-15(3-6-17)4-7-21(28)26-10-8-23(9-11-26)14-20(27)18-12-16(24)13-19(25)22(18)30-23/h2-7,12-13H,8-11,14H2,1H3/b7-4+. The van der Waals surface area contributed by atoms with Crippen LogP contribution < -0.4 is 9.47 Å². The fourth-order valence-electron chi connectivity index (χ4n) is 3.91. The summed E-state index contributed by atoms with van der Waals surface area (Å²) >= 11 is 12.3. The van der Waals surface area contributed by atoms with Crippen LogP contribution in [-0.4, -0.2) is 42.4 Å². The molecule has 1 amide bonds. The summed E-state index contributed by atoms with van der Waals surface area (Å²) in [7, 11) is 1.61. The average molecular weight is 446 g/mol. The summed E-state index contributed by atoms with van der Waals surface area (Å²) in [5.74, 6) is 1.08. The van der Waals surface area contributed by atoms with Crippen molar-refractivity contribution < 1.29 is 19.1 Å². The second kappa shape index (κ2) is 8.32. The minimum absolute atomic E-state index is 0.0279. The van der Waals surface area contributed by atoms with Crippen LogP contribution in [0.25, 0.3) is 6.08 Å². The molecular weight excluding hydrogens is 425 g/mol. The van der Waals surface area contributed by atoms with E-state index in [0.29, 0.717) is 47.3 Å². The van der Waals surface area contributed by atoms with E-state index in [1.807, 2.05) is 24.3 Å². The van der Waals surface area contributed by atoms with Crippen LogP contribution in [0.3, 0.4) is 0 Å². The van der Waals surface area contributed by atoms with Crippen LogP contribution in [0.2, 0.25) is 10.0 Å². The number of hydrogen-bond donors (Lipinski definition) is 0. The molecular formula is C23H21Cl2NO4. The van der Waals surface area contributed by atoms with E-state index in [0.717, 1.165) is 11.3 Å². The normalized spacial score (nSPS) is 17.7. The Morgan fingerprint density at radius 1 is 1.17 bits per heavy atom. The highest BCUT2D eigenvalue weighted by molar-refractivity contribution is 6.36. The molecule has 0 aromatic heterocycles. The van der Waals surface area contributed by atoms with Gasteiger partial charge in [-0.05, 0) is 35.9 Å². The fraction of sp³-hybridized carbons (Fsp3) is 0.304. The van der Waals surface area contributed by atoms with E-state index >= 15 is 0 Å². The molecule has 0 bridgehead atoms. The molecule has 7 heteroatoms. The van der Waals surface area contributed by atoms with E-state index < -0.39 is 5.60 Å². The first-order valence-electron chi connectivity index (χ1n) is 9.71. The number of halogens is 2. The van der Waals surface area contributed by atoms with Crippen LogP contribution in [0.4, 0.5) is 0 Å². The van der Waals surface area contributed by atoms with E-state index in [1.54, 1.807) is 36.3 Å². The van der Waals surface area contributed by atoms with E-state index in [1.165, 1.54) is 0 Å². The van der Waals surface area contributed by atoms with Gasteiger partial charge in [0.05, 0.1) is 24.1 Å². The number of piperidine rings is 1. The molecule has 156 valence electrons. The highest BCUT2D eigenvalue weighted by Gasteiger charge is 2.44. The van der Waals surface area contributed by atoms with Crippen molar-refractivity contribution in [2.24, 2.45) is 0 Å². The number of likely N-dealkylation sites (tertiary alicyclic amines) is 1. The first-order chi connectivity index (χ1) is 14.4. The summed E-state index contributed by atoms with van der Waals surface area (Å²) in [5, 5.41) is 0.751. The number of ether oxygens (including phenoxy) is 2. The van der Waals surface area contributed by atoms with Crippen molar-refractivity contribution >= 4 is 41.0 Å². The maximum atomic E-state index is 12.7. The second-order valence-corrected chi connectivity index (χ2v) is 8.42. The molecule has 30 heavy (non-hydrogen) atoms. The van der Waals surface area contributed by atoms with Gasteiger partial charge in [0.25, 0.3) is 0 Å². The summed E-state index contributed by atoms with van der Waals surface area (Å²) < 4.78 is 11.4. The SMILES string of the molecule is COc1ccc(/C=C/C(=O)N2CCC3(CC2)CC(=O)c2cc(Cl)cc(Cl)c2O3)cc1. The Balaban J connectivity index is 1.41. The Morgan fingerprint density at radius 3 is 2.53 bits per heavy atom. The number of amides is 1. The van der Waals surface area contributed by atoms with Crippen molar-refractivity contribution in [1.29, 1.82) is 0 Å². The number of nitrogens with zero attached hydrogens (tertiary/aromatic N) is 1. The Morgan fingerprint density at radius 2 is 1.87 bits per heavy atom. The van der Waals surface area contributed by atoms with Crippen molar-refractivity contribution in [3.05, 3.63) is 63.6 Å². The molecule has 0 radical (unpaired) electrons. The lowest BCUT2D eigenvalue weighted by Gasteiger charge is -2.44. The molecule has 2 aromatic rings. The third kappa shape index (κ3) is 4.18. The van der Waals surface area contributed by atoms with Crippen molar-refractivity contribution in [2.45, 2.75) is 24.9 Å². The van der Waals surface area contributed by atoms with Crippen LogP contribution in [-0.2, 0) is 4.79 Å². The van der Waals surface area contributed by atoms with E-state index in [4.69, 9.17) is 32.7 Å². The number of benzene rings is 2. The number of carbonyl (C=O) groups excluding carboxylic acids is 2. The van der Waals surface area contributed by atoms with Crippen LogP contribution in [0, 0.1) is 0 Å². The molecule has 2 aliphatic heterocycles. The van der Waals surface area contributed by atoms with E-state index in [2.05, 4.69) is 0 Å². The Kier molecular flexibility index (Phi) is 5.76. The zero-order valence-electron chi connectivity index (χ0n) is 16.5. The number of carbonyl (C=O) groups is 2. The van der Waals surface area contributed by atoms with Gasteiger partial charge in [-0.2, -0.15) is 0 Å². The summed E-state index contributed by atoms with van der Waals surface area (Å²) in [6, 6.07) is 10.7. The first-order valence-corrected chi connectivity index (χ1v) is 10.5. The van der Waals surface area contributed by atoms with Gasteiger partial charge >= 0.3 is 0 Å². The minimum Gasteiger partial charge on any atom is -0.497 e. The lowest BCUT2D eigenvalue weighted by atomic mass is 9.82. The molecule has 1 spiro atoms. The molecule has 2 aliphatic rings. The fourth-order valence-corrected chi connectivity index (χ4v) is 4.45. The molecule has 2 heterocycles. The number of ketones is 1. The van der Waals surface area contributed by atoms with Crippen LogP contribution in [0.15, 0.2) is 42.5 Å². The molecule has 4 rings (SSSR count). The topological polar surface area (TPSA) is 55.8 Å². The van der Waals surface area contributed by atoms with Crippen molar-refractivity contribution in [2.75, 3.05) is 20.2 Å². The number of rotatable bonds is 3. The average Bonchev–Trinajstić information content (AvgIpc) is 2.74. The largest absolute Gasteiger partial charge is 0.497 e. The molecule has 0 N–H and O–H groups in total. The predicted octanol–water partition coefficient (Wildman–Crippen LogP) is 5.04. The Hall–Kier alpha value is -2.50. The van der Waals surface area contributed by atoms with Gasteiger partial charge in [-0.1, -0.05) is 35.3 Å². The highest BCUT2D eigenvalue weighted by atomic mass is 35.5. The number of methoxy groups -OCH3 is 1. The van der Waals surface area contributed by atoms with Gasteiger partial charge in [-0.15, -0.1) is 0 Å². The molecule has 0 aliphatic carbocycles. The van der Waals surface area contributed by atoms with Gasteiger partial charge in [0.15, 0.2) is 5.78 Å². The van der Waals surface area contributed by atoms with Gasteiger partial charge in [0, 0.05) is 37.0 Å². The summed E-state index contributed by atoms with van der Waals surface area (Å²) in [6.07, 6.45) is 4.76. The quantitative estimate of drug-likeness (QED) is 0.620. The lowest BCUT2D eigenvalue weighted by molar-refractivity contribution is -0.129. The summed E-state index contributed by atoms with van der Waals surface area (Å²) in [6.45, 7) is 1.03. The van der Waals surface area contributed by atoms with Crippen molar-refractivity contribution in [3.63, 3.8) is 0 Å². The van der Waals surface area contributed by atoms with Gasteiger partial charge in [-0.3, -0.25) is 9.59 Å². The Bertz CT molecular complexity index is 1010. The number of hydrogen-bond acceptors (Lipinski definition) is 4. The summed E-state index contributed by atoms with van der Waals surface area (Å²) in [4.78, 5) is 27.1. The summed E-state index contributed by atoms with van der Waals surface area (Å²) in [5.41, 5.74) is 0.723. The molecule has 1 fully saturated rings. The van der Waals surface area contributed by atoms with E-state index in [-0.39, 0.29) is 18.1 Å². The van der Waals surface area contributed by atoms with Crippen LogP contribution in [0.1, 0.15) is 35.2 Å². The number of Topliss-reactive ketones (excluding diaryl/α,β-unsaturated/α-hetero) is 1. The van der Waals surface area contributed by atoms with Crippen LogP contribution >= 0.6 is 23.2 Å². The zero-order valence-corrected chi connectivity index (χ0v) is 18.0. The number of fused-ring (bicyclic) bond motifs is 1. The Labute approximate surface area is 185 Å². The van der Waals surface area contributed by atoms with Gasteiger partial charge in [-0.25, -0.2) is 0 Å². The lowest BCUT2D eigenvalue weighted by Crippen LogP contribution is -2.52. The molecule has 1 saturated heterocycles. The second-order valence-electron chi connectivity index (χ2n) is 7.58. The third-order valence-electron chi connectivity index (χ3n) is 5.63. The zero-order chi connectivity index (χ0) is 21.3. The highest BCUT2D eigenvalue weighted by Crippen LogP contribution is 2.44. The van der Waals surface area contributed by atoms with Gasteiger partial charge in [0.2, 0.25) is 5.91 Å². The predicted molar refractivity (Wildman–Crippen MR) is 117 cm³/mol. The van der Waals surface area contributed by atoms with Crippen molar-refractivity contribution in [3.8, 4) is 11.5 Å². The van der Waals surface area contributed by atoms with Crippen molar-refractivity contribution in [1.82, 2.24) is 4.90 Å². The smallest absolute Gasteiger partial charge is 0.246 e. The molecule has 0 atom stereocenters. The van der Waals surface area contributed by atoms with Gasteiger partial charge in [0.1, 0.15) is 17.1 Å². The first kappa shape index (κ1) is 20.8. The molecule has 0 unspecified atom stereocenters. The maximum absolute atomic E-state index is 12.7. The maximum Gasteiger partial charge on any atom is 0.246 e. The molecule has 5 nitrogen and oxygen atoms in total. The van der Waals surface area contributed by atoms with E-state index in [9.17, 15) is 9.59 Å². The third-order valence-corrected chi connectivity index (χ3v) is 6.13. The van der Waals surface area contributed by atoms with Crippen LogP contribution in [0.5, 0.6) is 11.5 Å². The van der Waals surface area contributed by atoms with Gasteiger partial charge < -0.3 is 14.4 Å². The minimum atomic E-state index is -0.627. The molecule has 2 aromatic carbocycles. The monoisotopic (exact) mass is 445 g/mol.